The molecule has 2 N–H and O–H groups in total. The maximum Gasteiger partial charge on any atom is 0.0808 e. The molecule has 0 aromatic rings. The van der Waals surface area contributed by atoms with Crippen molar-refractivity contribution in [3.8, 4) is 0 Å². The lowest BCUT2D eigenvalue weighted by atomic mass is 10.1. The highest BCUT2D eigenvalue weighted by atomic mass is 16.5. The van der Waals surface area contributed by atoms with E-state index in [0.29, 0.717) is 6.10 Å². The number of hydrogen-bond acceptors (Lipinski definition) is 3. The maximum absolute atomic E-state index is 5.56. The van der Waals surface area contributed by atoms with Gasteiger partial charge in [-0.05, 0) is 45.1 Å². The largest absolute Gasteiger partial charge is 0.379 e. The van der Waals surface area contributed by atoms with Crippen LogP contribution in [0.25, 0.3) is 0 Å². The van der Waals surface area contributed by atoms with Crippen molar-refractivity contribution in [2.45, 2.75) is 44.6 Å². The van der Waals surface area contributed by atoms with E-state index in [-0.39, 0.29) is 0 Å². The van der Waals surface area contributed by atoms with Gasteiger partial charge >= 0.3 is 0 Å². The first-order valence-corrected chi connectivity index (χ1v) is 5.83. The van der Waals surface area contributed by atoms with Crippen molar-refractivity contribution in [1.82, 2.24) is 0 Å². The molecule has 1 saturated heterocycles. The molecule has 3 nitrogen and oxygen atoms in total. The number of unbranched alkanes of at least 4 members (excludes halogenated alkanes) is 2. The van der Waals surface area contributed by atoms with Crippen molar-refractivity contribution in [3.63, 3.8) is 0 Å². The monoisotopic (exact) mass is 201 g/mol. The Balaban J connectivity index is 1.82. The van der Waals surface area contributed by atoms with E-state index >= 15 is 0 Å². The Morgan fingerprint density at radius 3 is 2.86 bits per heavy atom. The molecule has 1 atom stereocenters. The lowest BCUT2D eigenvalue weighted by molar-refractivity contribution is -0.0411. The lowest BCUT2D eigenvalue weighted by Gasteiger charge is -2.22. The molecule has 0 aliphatic carbocycles. The fraction of sp³-hybridized carbons (Fsp3) is 1.00. The van der Waals surface area contributed by atoms with Crippen molar-refractivity contribution in [2.75, 3.05) is 26.4 Å². The molecule has 84 valence electrons. The van der Waals surface area contributed by atoms with Gasteiger partial charge < -0.3 is 15.2 Å². The highest BCUT2D eigenvalue weighted by molar-refractivity contribution is 4.62. The van der Waals surface area contributed by atoms with Crippen molar-refractivity contribution >= 4 is 0 Å². The summed E-state index contributed by atoms with van der Waals surface area (Å²) in [5.41, 5.74) is 5.40. The zero-order chi connectivity index (χ0) is 10.1. The Morgan fingerprint density at radius 2 is 2.14 bits per heavy atom. The van der Waals surface area contributed by atoms with E-state index in [4.69, 9.17) is 15.2 Å². The molecule has 0 radical (unpaired) electrons. The van der Waals surface area contributed by atoms with Gasteiger partial charge in [0, 0.05) is 13.2 Å². The van der Waals surface area contributed by atoms with E-state index in [0.717, 1.165) is 39.2 Å². The topological polar surface area (TPSA) is 44.5 Å². The summed E-state index contributed by atoms with van der Waals surface area (Å²) in [5, 5.41) is 0. The molecule has 0 bridgehead atoms. The van der Waals surface area contributed by atoms with Crippen molar-refractivity contribution in [1.29, 1.82) is 0 Å². The van der Waals surface area contributed by atoms with E-state index < -0.39 is 0 Å². The van der Waals surface area contributed by atoms with Gasteiger partial charge in [0.25, 0.3) is 0 Å². The summed E-state index contributed by atoms with van der Waals surface area (Å²) in [7, 11) is 0. The molecule has 0 aromatic heterocycles. The molecule has 0 saturated carbocycles. The first kappa shape index (κ1) is 12.0. The number of nitrogens with two attached hydrogens (primary N) is 1. The molecule has 1 aliphatic heterocycles. The summed E-state index contributed by atoms with van der Waals surface area (Å²) in [5.74, 6) is 0. The zero-order valence-corrected chi connectivity index (χ0v) is 9.04. The van der Waals surface area contributed by atoms with Crippen LogP contribution in [-0.4, -0.2) is 32.5 Å². The molecule has 1 heterocycles. The SMILES string of the molecule is NCCCCCOCC1CCCCO1. The minimum absolute atomic E-state index is 0.359. The Kier molecular flexibility index (Phi) is 7.01. The molecule has 1 rings (SSSR count). The Labute approximate surface area is 86.9 Å². The molecule has 1 unspecified atom stereocenters. The van der Waals surface area contributed by atoms with Crippen molar-refractivity contribution < 1.29 is 9.47 Å². The number of ether oxygens (including phenoxy) is 2. The Bertz CT molecular complexity index is 124. The van der Waals surface area contributed by atoms with Gasteiger partial charge in [-0.2, -0.15) is 0 Å². The van der Waals surface area contributed by atoms with Gasteiger partial charge in [-0.15, -0.1) is 0 Å². The van der Waals surface area contributed by atoms with Gasteiger partial charge in [0.2, 0.25) is 0 Å². The fourth-order valence-electron chi connectivity index (χ4n) is 1.68. The van der Waals surface area contributed by atoms with Crippen LogP contribution >= 0.6 is 0 Å². The first-order valence-electron chi connectivity index (χ1n) is 5.83. The van der Waals surface area contributed by atoms with Gasteiger partial charge in [-0.3, -0.25) is 0 Å². The fourth-order valence-corrected chi connectivity index (χ4v) is 1.68. The third kappa shape index (κ3) is 5.58. The van der Waals surface area contributed by atoms with E-state index in [1.54, 1.807) is 0 Å². The second-order valence-corrected chi connectivity index (χ2v) is 3.91. The number of rotatable bonds is 7. The van der Waals surface area contributed by atoms with Gasteiger partial charge in [-0.25, -0.2) is 0 Å². The summed E-state index contributed by atoms with van der Waals surface area (Å²) in [6.45, 7) is 3.36. The minimum atomic E-state index is 0.359. The molecule has 1 fully saturated rings. The normalized spacial score (nSPS) is 22.5. The molecule has 0 aromatic carbocycles. The van der Waals surface area contributed by atoms with Crippen LogP contribution in [-0.2, 0) is 9.47 Å². The van der Waals surface area contributed by atoms with Crippen LogP contribution in [0.2, 0.25) is 0 Å². The lowest BCUT2D eigenvalue weighted by Crippen LogP contribution is -2.24. The Hall–Kier alpha value is -0.120. The Morgan fingerprint density at radius 1 is 1.21 bits per heavy atom. The van der Waals surface area contributed by atoms with E-state index in [9.17, 15) is 0 Å². The van der Waals surface area contributed by atoms with E-state index in [1.165, 1.54) is 25.7 Å². The molecular formula is C11H23NO2. The summed E-state index contributed by atoms with van der Waals surface area (Å²) in [6, 6.07) is 0. The van der Waals surface area contributed by atoms with Gasteiger partial charge in [0.15, 0.2) is 0 Å². The first-order chi connectivity index (χ1) is 6.93. The second kappa shape index (κ2) is 8.21. The van der Waals surface area contributed by atoms with E-state index in [1.807, 2.05) is 0 Å². The minimum Gasteiger partial charge on any atom is -0.379 e. The maximum atomic E-state index is 5.56. The van der Waals surface area contributed by atoms with Crippen LogP contribution in [0, 0.1) is 0 Å². The smallest absolute Gasteiger partial charge is 0.0808 e. The predicted octanol–water partition coefficient (Wildman–Crippen LogP) is 1.70. The summed E-state index contributed by atoms with van der Waals surface area (Å²) in [6.07, 6.45) is 7.46. The third-order valence-electron chi connectivity index (χ3n) is 2.57. The molecule has 0 amide bonds. The van der Waals surface area contributed by atoms with Gasteiger partial charge in [0.1, 0.15) is 0 Å². The summed E-state index contributed by atoms with van der Waals surface area (Å²) >= 11 is 0. The van der Waals surface area contributed by atoms with Gasteiger partial charge in [-0.1, -0.05) is 0 Å². The van der Waals surface area contributed by atoms with Crippen LogP contribution in [0.5, 0.6) is 0 Å². The summed E-state index contributed by atoms with van der Waals surface area (Å²) < 4.78 is 11.1. The van der Waals surface area contributed by atoms with Crippen LogP contribution in [0.1, 0.15) is 38.5 Å². The predicted molar refractivity (Wildman–Crippen MR) is 57.3 cm³/mol. The summed E-state index contributed by atoms with van der Waals surface area (Å²) in [4.78, 5) is 0. The van der Waals surface area contributed by atoms with Crippen molar-refractivity contribution in [3.05, 3.63) is 0 Å². The average molecular weight is 201 g/mol. The highest BCUT2D eigenvalue weighted by Crippen LogP contribution is 2.12. The second-order valence-electron chi connectivity index (χ2n) is 3.91. The van der Waals surface area contributed by atoms with Crippen LogP contribution < -0.4 is 5.73 Å². The molecule has 3 heteroatoms. The van der Waals surface area contributed by atoms with Crippen LogP contribution in [0.15, 0.2) is 0 Å². The van der Waals surface area contributed by atoms with Crippen molar-refractivity contribution in [2.24, 2.45) is 5.73 Å². The van der Waals surface area contributed by atoms with Crippen LogP contribution in [0.3, 0.4) is 0 Å². The average Bonchev–Trinajstić information content (AvgIpc) is 2.25. The van der Waals surface area contributed by atoms with Crippen LogP contribution in [0.4, 0.5) is 0 Å². The molecule has 1 aliphatic rings. The number of hydrogen-bond donors (Lipinski definition) is 1. The standard InChI is InChI=1S/C11H23NO2/c12-7-3-1-4-8-13-10-11-6-2-5-9-14-11/h11H,1-10,12H2. The third-order valence-corrected chi connectivity index (χ3v) is 2.57. The highest BCUT2D eigenvalue weighted by Gasteiger charge is 2.13. The van der Waals surface area contributed by atoms with Gasteiger partial charge in [0.05, 0.1) is 12.7 Å². The quantitative estimate of drug-likeness (QED) is 0.638. The molecular weight excluding hydrogens is 178 g/mol. The van der Waals surface area contributed by atoms with E-state index in [2.05, 4.69) is 0 Å². The molecule has 0 spiro atoms. The zero-order valence-electron chi connectivity index (χ0n) is 9.04. The molecule has 14 heavy (non-hydrogen) atoms.